The molecule has 1 aliphatic rings. The molecule has 0 radical (unpaired) electrons. The van der Waals surface area contributed by atoms with E-state index in [1.165, 1.54) is 16.9 Å². The van der Waals surface area contributed by atoms with Crippen LogP contribution in [0.5, 0.6) is 0 Å². The smallest absolute Gasteiger partial charge is 0.0794 e. The molecular weight excluding hydrogens is 340 g/mol. The van der Waals surface area contributed by atoms with Gasteiger partial charge in [-0.2, -0.15) is 0 Å². The van der Waals surface area contributed by atoms with E-state index in [1.807, 2.05) is 71.6 Å². The van der Waals surface area contributed by atoms with Crippen molar-refractivity contribution in [3.8, 4) is 0 Å². The third-order valence-corrected chi connectivity index (χ3v) is 3.23. The molecule has 4 heteroatoms. The van der Waals surface area contributed by atoms with Gasteiger partial charge in [-0.15, -0.1) is 11.3 Å². The van der Waals surface area contributed by atoms with E-state index in [0.717, 1.165) is 19.1 Å². The van der Waals surface area contributed by atoms with Crippen molar-refractivity contribution < 1.29 is 4.74 Å². The van der Waals surface area contributed by atoms with Crippen molar-refractivity contribution >= 4 is 11.3 Å². The number of thiazole rings is 1. The van der Waals surface area contributed by atoms with Crippen molar-refractivity contribution in [2.75, 3.05) is 13.2 Å². The van der Waals surface area contributed by atoms with Gasteiger partial charge in [-0.05, 0) is 37.8 Å². The largest absolute Gasteiger partial charge is 0.381 e. The quantitative estimate of drug-likeness (QED) is 0.462. The van der Waals surface area contributed by atoms with Crippen LogP contribution in [0.1, 0.15) is 73.8 Å². The van der Waals surface area contributed by atoms with E-state index in [-0.39, 0.29) is 22.3 Å². The summed E-state index contributed by atoms with van der Waals surface area (Å²) in [5.74, 6) is 0.824. The SMILES string of the molecule is C.C.C.CC.CC.CC1CCOC1.Cc1cccnc1.Cc1cncs1. The second-order valence-corrected chi connectivity index (χ2v) is 5.70. The second-order valence-electron chi connectivity index (χ2n) is 4.61. The van der Waals surface area contributed by atoms with Crippen molar-refractivity contribution in [2.24, 2.45) is 5.92 Å². The molecule has 2 aromatic rings. The maximum atomic E-state index is 5.06. The molecule has 0 aliphatic carbocycles. The summed E-state index contributed by atoms with van der Waals surface area (Å²) in [6.07, 6.45) is 6.72. The molecule has 26 heavy (non-hydrogen) atoms. The molecule has 0 amide bonds. The minimum absolute atomic E-state index is 0. The molecule has 0 bridgehead atoms. The monoisotopic (exact) mass is 386 g/mol. The average Bonchev–Trinajstić information content (AvgIpc) is 3.27. The molecular formula is C22H46N2OS. The van der Waals surface area contributed by atoms with Crippen LogP contribution in [0.4, 0.5) is 0 Å². The Morgan fingerprint density at radius 1 is 1.00 bits per heavy atom. The lowest BCUT2D eigenvalue weighted by Crippen LogP contribution is -1.88. The number of hydrogen-bond acceptors (Lipinski definition) is 4. The van der Waals surface area contributed by atoms with E-state index in [2.05, 4.69) is 16.9 Å². The first-order valence-corrected chi connectivity index (χ1v) is 9.36. The number of rotatable bonds is 0. The number of aromatic nitrogens is 2. The normalized spacial score (nSPS) is 12.8. The first kappa shape index (κ1) is 35.8. The second kappa shape index (κ2) is 28.5. The van der Waals surface area contributed by atoms with Crippen LogP contribution < -0.4 is 0 Å². The molecule has 1 saturated heterocycles. The maximum Gasteiger partial charge on any atom is 0.0794 e. The number of ether oxygens (including phenoxy) is 1. The number of nitrogens with zero attached hydrogens (tertiary/aromatic N) is 2. The van der Waals surface area contributed by atoms with E-state index >= 15 is 0 Å². The molecule has 2 aromatic heterocycles. The zero-order chi connectivity index (χ0) is 17.9. The maximum absolute atomic E-state index is 5.06. The topological polar surface area (TPSA) is 35.0 Å². The molecule has 0 aromatic carbocycles. The van der Waals surface area contributed by atoms with Crippen LogP contribution in [0, 0.1) is 19.8 Å². The molecule has 1 aliphatic heterocycles. The first-order valence-electron chi connectivity index (χ1n) is 8.48. The van der Waals surface area contributed by atoms with Crippen LogP contribution in [-0.2, 0) is 4.74 Å². The van der Waals surface area contributed by atoms with Gasteiger partial charge in [0.15, 0.2) is 0 Å². The summed E-state index contributed by atoms with van der Waals surface area (Å²) in [5, 5.41) is 0. The van der Waals surface area contributed by atoms with Gasteiger partial charge < -0.3 is 4.74 Å². The van der Waals surface area contributed by atoms with Crippen LogP contribution in [-0.4, -0.2) is 23.2 Å². The molecule has 0 spiro atoms. The molecule has 156 valence electrons. The zero-order valence-corrected chi connectivity index (χ0v) is 16.7. The highest BCUT2D eigenvalue weighted by Crippen LogP contribution is 2.09. The zero-order valence-electron chi connectivity index (χ0n) is 15.9. The van der Waals surface area contributed by atoms with Crippen molar-refractivity contribution in [2.45, 2.75) is 77.2 Å². The van der Waals surface area contributed by atoms with Gasteiger partial charge in [-0.1, -0.05) is 63.0 Å². The summed E-state index contributed by atoms with van der Waals surface area (Å²) < 4.78 is 5.06. The van der Waals surface area contributed by atoms with E-state index in [4.69, 9.17) is 4.74 Å². The first-order chi connectivity index (χ1) is 11.2. The fourth-order valence-electron chi connectivity index (χ4n) is 1.38. The number of hydrogen-bond donors (Lipinski definition) is 0. The number of aryl methyl sites for hydroxylation is 2. The lowest BCUT2D eigenvalue weighted by Gasteiger charge is -1.89. The lowest BCUT2D eigenvalue weighted by molar-refractivity contribution is 0.188. The van der Waals surface area contributed by atoms with Crippen molar-refractivity contribution in [1.29, 1.82) is 0 Å². The molecule has 3 heterocycles. The Bertz CT molecular complexity index is 413. The van der Waals surface area contributed by atoms with Crippen LogP contribution in [0.25, 0.3) is 0 Å². The van der Waals surface area contributed by atoms with Crippen molar-refractivity contribution in [3.63, 3.8) is 0 Å². The molecule has 1 unspecified atom stereocenters. The Morgan fingerprint density at radius 2 is 1.62 bits per heavy atom. The Hall–Kier alpha value is -1.26. The molecule has 1 fully saturated rings. The van der Waals surface area contributed by atoms with Crippen LogP contribution in [0.2, 0.25) is 0 Å². The predicted octanol–water partition coefficient (Wildman–Crippen LogP) is 7.85. The summed E-state index contributed by atoms with van der Waals surface area (Å²) in [6.45, 7) is 16.2. The minimum atomic E-state index is 0. The van der Waals surface area contributed by atoms with Crippen molar-refractivity contribution in [1.82, 2.24) is 9.97 Å². The van der Waals surface area contributed by atoms with E-state index in [9.17, 15) is 0 Å². The van der Waals surface area contributed by atoms with Crippen LogP contribution >= 0.6 is 11.3 Å². The van der Waals surface area contributed by atoms with Crippen LogP contribution in [0.15, 0.2) is 36.2 Å². The Labute approximate surface area is 169 Å². The summed E-state index contributed by atoms with van der Waals surface area (Å²) in [4.78, 5) is 9.00. The van der Waals surface area contributed by atoms with E-state index < -0.39 is 0 Å². The van der Waals surface area contributed by atoms with Gasteiger partial charge in [0.25, 0.3) is 0 Å². The van der Waals surface area contributed by atoms with Crippen molar-refractivity contribution in [3.05, 3.63) is 46.7 Å². The van der Waals surface area contributed by atoms with Gasteiger partial charge >= 0.3 is 0 Å². The summed E-state index contributed by atoms with van der Waals surface area (Å²) in [7, 11) is 0. The van der Waals surface area contributed by atoms with Gasteiger partial charge in [-0.25, -0.2) is 0 Å². The highest BCUT2D eigenvalue weighted by molar-refractivity contribution is 7.09. The van der Waals surface area contributed by atoms with Crippen LogP contribution in [0.3, 0.4) is 0 Å². The molecule has 3 rings (SSSR count). The molecule has 3 nitrogen and oxygen atoms in total. The Kier molecular flexibility index (Phi) is 39.3. The Balaban J connectivity index is -0.0000000736. The van der Waals surface area contributed by atoms with Gasteiger partial charge in [0.05, 0.1) is 5.51 Å². The van der Waals surface area contributed by atoms with Gasteiger partial charge in [0, 0.05) is 36.7 Å². The summed E-state index contributed by atoms with van der Waals surface area (Å²) >= 11 is 1.67. The number of pyridine rings is 1. The van der Waals surface area contributed by atoms with Gasteiger partial charge in [0.2, 0.25) is 0 Å². The summed E-state index contributed by atoms with van der Waals surface area (Å²) in [5.41, 5.74) is 3.04. The Morgan fingerprint density at radius 3 is 1.77 bits per heavy atom. The van der Waals surface area contributed by atoms with Gasteiger partial charge in [0.1, 0.15) is 0 Å². The fraction of sp³-hybridized carbons (Fsp3) is 0.636. The van der Waals surface area contributed by atoms with E-state index in [1.54, 1.807) is 17.5 Å². The molecule has 1 atom stereocenters. The standard InChI is InChI=1S/C6H7N.C5H10O.C4H5NS.2C2H6.3CH4/c1-6-3-2-4-7-5-6;1-5-2-3-6-4-5;1-4-2-5-3-6-4;2*1-2;;;/h2-5H,1H3;5H,2-4H2,1H3;2-3H,1H3;2*1-2H3;3*1H4. The minimum Gasteiger partial charge on any atom is -0.381 e. The highest BCUT2D eigenvalue weighted by atomic mass is 32.1. The third-order valence-electron chi connectivity index (χ3n) is 2.52. The average molecular weight is 387 g/mol. The third kappa shape index (κ3) is 25.0. The fourth-order valence-corrected chi connectivity index (χ4v) is 1.79. The predicted molar refractivity (Wildman–Crippen MR) is 123 cm³/mol. The molecule has 0 N–H and O–H groups in total. The lowest BCUT2D eigenvalue weighted by atomic mass is 10.2. The van der Waals surface area contributed by atoms with Gasteiger partial charge in [-0.3, -0.25) is 9.97 Å². The highest BCUT2D eigenvalue weighted by Gasteiger charge is 2.07. The van der Waals surface area contributed by atoms with E-state index in [0.29, 0.717) is 0 Å². The molecule has 0 saturated carbocycles. The summed E-state index contributed by atoms with van der Waals surface area (Å²) in [6, 6.07) is 3.95.